The van der Waals surface area contributed by atoms with Crippen molar-refractivity contribution < 1.29 is 89.8 Å². The fourth-order valence-corrected chi connectivity index (χ4v) is 5.41. The fraction of sp³-hybridized carbons (Fsp3) is 0.0667. The smallest absolute Gasteiger partial charge is 0.744 e. The van der Waals surface area contributed by atoms with Crippen LogP contribution in [0.3, 0.4) is 0 Å². The zero-order valence-corrected chi connectivity index (χ0v) is 30.6. The van der Waals surface area contributed by atoms with E-state index in [1.54, 1.807) is 24.3 Å². The molecule has 0 aliphatic carbocycles. The van der Waals surface area contributed by atoms with Crippen molar-refractivity contribution in [1.82, 2.24) is 0 Å². The molecule has 0 aromatic heterocycles. The topological polar surface area (TPSA) is 199 Å². The van der Waals surface area contributed by atoms with E-state index in [4.69, 9.17) is 10.5 Å². The van der Waals surface area contributed by atoms with Gasteiger partial charge in [0.1, 0.15) is 31.7 Å². The number of anilines is 1. The minimum absolute atomic E-state index is 0. The number of benzene rings is 5. The average molecular weight is 676 g/mol. The first-order valence-corrected chi connectivity index (χ1v) is 15.8. The van der Waals surface area contributed by atoms with Crippen molar-refractivity contribution in [3.8, 4) is 16.9 Å². The van der Waals surface area contributed by atoms with E-state index < -0.39 is 35.7 Å². The summed E-state index contributed by atoms with van der Waals surface area (Å²) < 4.78 is 75.3. The van der Waals surface area contributed by atoms with Crippen molar-refractivity contribution in [3.63, 3.8) is 0 Å². The molecular formula is C30H23N5Na2O7S2. The monoisotopic (exact) mass is 675 g/mol. The summed E-state index contributed by atoms with van der Waals surface area (Å²) >= 11 is 0. The molecule has 0 bridgehead atoms. The molecule has 0 heterocycles. The van der Waals surface area contributed by atoms with Gasteiger partial charge in [-0.1, -0.05) is 30.3 Å². The minimum atomic E-state index is -5.06. The largest absolute Gasteiger partial charge is 1.00 e. The van der Waals surface area contributed by atoms with Crippen LogP contribution in [0.1, 0.15) is 6.92 Å². The van der Waals surface area contributed by atoms with Crippen LogP contribution in [0.5, 0.6) is 5.75 Å². The number of hydrogen-bond donors (Lipinski definition) is 1. The van der Waals surface area contributed by atoms with E-state index in [2.05, 4.69) is 20.5 Å². The van der Waals surface area contributed by atoms with Gasteiger partial charge in [-0.25, -0.2) is 16.8 Å². The Morgan fingerprint density at radius 2 is 1.13 bits per heavy atom. The zero-order chi connectivity index (χ0) is 31.5. The van der Waals surface area contributed by atoms with E-state index in [9.17, 15) is 25.9 Å². The second kappa shape index (κ2) is 15.7. The second-order valence-corrected chi connectivity index (χ2v) is 12.1. The summed E-state index contributed by atoms with van der Waals surface area (Å²) in [6, 6.07) is 25.8. The first-order chi connectivity index (χ1) is 20.9. The Bertz CT molecular complexity index is 2130. The average Bonchev–Trinajstić information content (AvgIpc) is 2.99. The molecule has 224 valence electrons. The SMILES string of the molecule is CCOc1ccc(N=Nc2ccc(-c3ccc(N=Nc4c(N)c(S(=O)(=O)[O-])cc5cc(S(=O)(=O)[O-])ccc45)cc3)cc2)cc1.[Na+].[Na+]. The van der Waals surface area contributed by atoms with Crippen molar-refractivity contribution in [2.45, 2.75) is 16.7 Å². The Kier molecular flexibility index (Phi) is 12.8. The van der Waals surface area contributed by atoms with E-state index >= 15 is 0 Å². The molecule has 0 unspecified atom stereocenters. The van der Waals surface area contributed by atoms with Gasteiger partial charge in [-0.2, -0.15) is 15.3 Å². The van der Waals surface area contributed by atoms with Gasteiger partial charge in [-0.15, -0.1) is 5.11 Å². The summed E-state index contributed by atoms with van der Waals surface area (Å²) in [4.78, 5) is -1.41. The fourth-order valence-electron chi connectivity index (χ4n) is 4.27. The Morgan fingerprint density at radius 3 is 1.59 bits per heavy atom. The first kappa shape index (κ1) is 37.4. The Labute approximate surface area is 309 Å². The molecule has 5 rings (SSSR count). The van der Waals surface area contributed by atoms with Crippen molar-refractivity contribution in [1.29, 1.82) is 0 Å². The van der Waals surface area contributed by atoms with Gasteiger partial charge >= 0.3 is 59.1 Å². The van der Waals surface area contributed by atoms with E-state index in [0.29, 0.717) is 23.7 Å². The molecule has 12 nitrogen and oxygen atoms in total. The van der Waals surface area contributed by atoms with Crippen LogP contribution in [0.25, 0.3) is 21.9 Å². The third kappa shape index (κ3) is 9.07. The molecule has 0 saturated heterocycles. The van der Waals surface area contributed by atoms with Gasteiger partial charge in [0.25, 0.3) is 0 Å². The number of nitrogen functional groups attached to an aromatic ring is 1. The number of nitrogens with zero attached hydrogens (tertiary/aromatic N) is 4. The predicted molar refractivity (Wildman–Crippen MR) is 162 cm³/mol. The molecule has 0 amide bonds. The summed E-state index contributed by atoms with van der Waals surface area (Å²) in [5, 5.41) is 16.9. The van der Waals surface area contributed by atoms with Crippen molar-refractivity contribution in [2.24, 2.45) is 20.5 Å². The maximum atomic E-state index is 11.8. The van der Waals surface area contributed by atoms with Crippen molar-refractivity contribution in [2.75, 3.05) is 12.3 Å². The first-order valence-electron chi connectivity index (χ1n) is 13.0. The second-order valence-electron chi connectivity index (χ2n) is 9.35. The quantitative estimate of drug-likeness (QED) is 0.104. The van der Waals surface area contributed by atoms with Crippen molar-refractivity contribution in [3.05, 3.63) is 97.1 Å². The van der Waals surface area contributed by atoms with Crippen LogP contribution in [-0.4, -0.2) is 32.5 Å². The van der Waals surface area contributed by atoms with Crippen LogP contribution in [0.4, 0.5) is 28.4 Å². The molecule has 0 aliphatic heterocycles. The summed E-state index contributed by atoms with van der Waals surface area (Å²) in [6.45, 7) is 2.50. The van der Waals surface area contributed by atoms with Gasteiger partial charge in [-0.3, -0.25) is 0 Å². The maximum absolute atomic E-state index is 11.8. The Hall–Kier alpha value is -3.02. The van der Waals surface area contributed by atoms with Gasteiger partial charge in [0.05, 0.1) is 39.1 Å². The Morgan fingerprint density at radius 1 is 0.652 bits per heavy atom. The standard InChI is InChI=1S/C30H25N5O7S2.2Na/c1-2-42-25-13-11-24(12-14-25)33-32-22-7-3-19(4-8-22)20-5-9-23(10-6-20)34-35-30-27-16-15-26(43(36,37)38)17-21(27)18-28(29(30)31)44(39,40)41;;/h3-18H,2,31H2,1H3,(H,36,37,38)(H,39,40,41);;/q;2*+1/p-2. The van der Waals surface area contributed by atoms with E-state index in [-0.39, 0.29) is 75.6 Å². The van der Waals surface area contributed by atoms with E-state index in [0.717, 1.165) is 35.1 Å². The van der Waals surface area contributed by atoms with Crippen LogP contribution < -0.4 is 69.6 Å². The third-order valence-corrected chi connectivity index (χ3v) is 8.11. The summed E-state index contributed by atoms with van der Waals surface area (Å²) in [5.74, 6) is 0.764. The molecule has 2 N–H and O–H groups in total. The van der Waals surface area contributed by atoms with E-state index in [1.807, 2.05) is 55.5 Å². The summed E-state index contributed by atoms with van der Waals surface area (Å²) in [5.41, 5.74) is 8.88. The molecule has 0 spiro atoms. The molecule has 0 fully saturated rings. The van der Waals surface area contributed by atoms with Gasteiger partial charge in [0.15, 0.2) is 0 Å². The van der Waals surface area contributed by atoms with E-state index in [1.165, 1.54) is 6.07 Å². The van der Waals surface area contributed by atoms with Crippen molar-refractivity contribution >= 4 is 59.4 Å². The van der Waals surface area contributed by atoms with Gasteiger partial charge in [-0.05, 0) is 90.2 Å². The molecule has 0 saturated carbocycles. The minimum Gasteiger partial charge on any atom is -0.744 e. The molecule has 46 heavy (non-hydrogen) atoms. The summed E-state index contributed by atoms with van der Waals surface area (Å²) in [7, 11) is -9.91. The van der Waals surface area contributed by atoms with Crippen LogP contribution in [0.2, 0.25) is 0 Å². The molecule has 0 atom stereocenters. The number of hydrogen-bond acceptors (Lipinski definition) is 12. The molecule has 0 radical (unpaired) electrons. The molecule has 5 aromatic rings. The van der Waals surface area contributed by atoms with Crippen LogP contribution >= 0.6 is 0 Å². The maximum Gasteiger partial charge on any atom is 1.00 e. The zero-order valence-electron chi connectivity index (χ0n) is 25.0. The van der Waals surface area contributed by atoms with Crippen LogP contribution in [-0.2, 0) is 20.2 Å². The molecular weight excluding hydrogens is 652 g/mol. The Balaban J connectivity index is 0.00000288. The van der Waals surface area contributed by atoms with Crippen LogP contribution in [0.15, 0.2) is 127 Å². The molecule has 5 aromatic carbocycles. The number of rotatable bonds is 9. The number of fused-ring (bicyclic) bond motifs is 1. The molecule has 0 aliphatic rings. The van der Waals surface area contributed by atoms with Gasteiger partial charge in [0, 0.05) is 5.39 Å². The summed E-state index contributed by atoms with van der Waals surface area (Å²) in [6.07, 6.45) is 0. The van der Waals surface area contributed by atoms with Crippen LogP contribution in [0, 0.1) is 0 Å². The molecule has 16 heteroatoms. The number of azo groups is 2. The van der Waals surface area contributed by atoms with Gasteiger partial charge in [0.2, 0.25) is 0 Å². The third-order valence-electron chi connectivity index (χ3n) is 6.41. The van der Waals surface area contributed by atoms with Gasteiger partial charge < -0.3 is 19.6 Å². The normalized spacial score (nSPS) is 11.8. The number of ether oxygens (including phenoxy) is 1. The number of nitrogens with two attached hydrogens (primary N) is 1. The predicted octanol–water partition coefficient (Wildman–Crippen LogP) is 1.13.